The van der Waals surface area contributed by atoms with E-state index in [0.717, 1.165) is 12.5 Å². The van der Waals surface area contributed by atoms with Crippen LogP contribution in [0.15, 0.2) is 0 Å². The van der Waals surface area contributed by atoms with Crippen molar-refractivity contribution in [3.8, 4) is 0 Å². The molecule has 1 aliphatic carbocycles. The van der Waals surface area contributed by atoms with Crippen LogP contribution in [0, 0.1) is 11.8 Å². The molecule has 1 aliphatic rings. The van der Waals surface area contributed by atoms with Gasteiger partial charge in [-0.05, 0) is 31.1 Å². The molecule has 0 spiro atoms. The van der Waals surface area contributed by atoms with Crippen molar-refractivity contribution in [2.24, 2.45) is 17.6 Å². The highest BCUT2D eigenvalue weighted by Gasteiger charge is 2.20. The maximum atomic E-state index is 11.5. The lowest BCUT2D eigenvalue weighted by Crippen LogP contribution is -2.42. The monoisotopic (exact) mass is 248 g/mol. The van der Waals surface area contributed by atoms with Crippen LogP contribution in [0.25, 0.3) is 0 Å². The average molecular weight is 249 g/mol. The molecule has 0 aromatic carbocycles. The molecule has 0 saturated heterocycles. The number of nitrogens with one attached hydrogen (secondary N) is 1. The first-order chi connectivity index (χ1) is 7.13. The summed E-state index contributed by atoms with van der Waals surface area (Å²) in [5.41, 5.74) is 5.65. The van der Waals surface area contributed by atoms with Crippen LogP contribution in [0.4, 0.5) is 0 Å². The zero-order valence-electron chi connectivity index (χ0n) is 10.4. The quantitative estimate of drug-likeness (QED) is 0.801. The van der Waals surface area contributed by atoms with E-state index in [2.05, 4.69) is 12.2 Å². The first-order valence-electron chi connectivity index (χ1n) is 6.16. The summed E-state index contributed by atoms with van der Waals surface area (Å²) in [6.07, 6.45) is 5.88. The molecule has 0 aromatic rings. The van der Waals surface area contributed by atoms with E-state index in [9.17, 15) is 4.79 Å². The fourth-order valence-corrected chi connectivity index (χ4v) is 2.31. The highest BCUT2D eigenvalue weighted by Crippen LogP contribution is 2.27. The Morgan fingerprint density at radius 2 is 2.19 bits per heavy atom. The van der Waals surface area contributed by atoms with E-state index < -0.39 is 0 Å². The van der Waals surface area contributed by atoms with Crippen molar-refractivity contribution in [1.82, 2.24) is 5.32 Å². The second-order valence-electron chi connectivity index (χ2n) is 4.90. The lowest BCUT2D eigenvalue weighted by molar-refractivity contribution is -0.122. The van der Waals surface area contributed by atoms with Crippen LogP contribution in [0.2, 0.25) is 0 Å². The molecule has 16 heavy (non-hydrogen) atoms. The highest BCUT2D eigenvalue weighted by molar-refractivity contribution is 5.85. The summed E-state index contributed by atoms with van der Waals surface area (Å²) in [6.45, 7) is 5.05. The molecule has 0 heterocycles. The summed E-state index contributed by atoms with van der Waals surface area (Å²) in [7, 11) is 0. The Balaban J connectivity index is 0.00000225. The molecule has 3 nitrogen and oxygen atoms in total. The molecule has 96 valence electrons. The lowest BCUT2D eigenvalue weighted by atomic mass is 9.82. The third-order valence-corrected chi connectivity index (χ3v) is 3.39. The highest BCUT2D eigenvalue weighted by atomic mass is 35.5. The number of nitrogens with two attached hydrogens (primary N) is 1. The molecule has 4 heteroatoms. The van der Waals surface area contributed by atoms with E-state index >= 15 is 0 Å². The van der Waals surface area contributed by atoms with Crippen LogP contribution in [0.1, 0.15) is 46.0 Å². The smallest absolute Gasteiger partial charge is 0.236 e. The lowest BCUT2D eigenvalue weighted by Gasteiger charge is -2.27. The Hall–Kier alpha value is -0.280. The van der Waals surface area contributed by atoms with Crippen molar-refractivity contribution in [1.29, 1.82) is 0 Å². The van der Waals surface area contributed by atoms with Crippen molar-refractivity contribution in [2.75, 3.05) is 6.54 Å². The minimum Gasteiger partial charge on any atom is -0.354 e. The zero-order valence-corrected chi connectivity index (χ0v) is 11.2. The number of rotatable bonds is 4. The van der Waals surface area contributed by atoms with Gasteiger partial charge in [0.1, 0.15) is 0 Å². The van der Waals surface area contributed by atoms with Gasteiger partial charge in [-0.3, -0.25) is 4.79 Å². The SMILES string of the molecule is CC[C@H](N)C(=O)NCC1CCCC(C)C1.Cl. The van der Waals surface area contributed by atoms with Gasteiger partial charge in [-0.1, -0.05) is 26.7 Å². The second-order valence-corrected chi connectivity index (χ2v) is 4.90. The molecular weight excluding hydrogens is 224 g/mol. The normalized spacial score (nSPS) is 26.7. The summed E-state index contributed by atoms with van der Waals surface area (Å²) in [5, 5.41) is 2.96. The molecule has 0 radical (unpaired) electrons. The second kappa shape index (κ2) is 7.91. The van der Waals surface area contributed by atoms with Gasteiger partial charge in [0.05, 0.1) is 6.04 Å². The van der Waals surface area contributed by atoms with Crippen LogP contribution in [0.5, 0.6) is 0 Å². The van der Waals surface area contributed by atoms with Crippen LogP contribution < -0.4 is 11.1 Å². The van der Waals surface area contributed by atoms with Crippen LogP contribution >= 0.6 is 12.4 Å². The Morgan fingerprint density at radius 3 is 2.75 bits per heavy atom. The van der Waals surface area contributed by atoms with Gasteiger partial charge in [0.15, 0.2) is 0 Å². The first kappa shape index (κ1) is 15.7. The largest absolute Gasteiger partial charge is 0.354 e. The van der Waals surface area contributed by atoms with Crippen molar-refractivity contribution in [3.05, 3.63) is 0 Å². The van der Waals surface area contributed by atoms with Crippen molar-refractivity contribution >= 4 is 18.3 Å². The molecule has 2 unspecified atom stereocenters. The van der Waals surface area contributed by atoms with E-state index in [1.807, 2.05) is 6.92 Å². The summed E-state index contributed by atoms with van der Waals surface area (Å²) < 4.78 is 0. The number of hydrogen-bond acceptors (Lipinski definition) is 2. The number of carbonyl (C=O) groups is 1. The molecule has 1 amide bonds. The molecule has 0 aliphatic heterocycles. The Labute approximate surface area is 105 Å². The van der Waals surface area contributed by atoms with E-state index in [4.69, 9.17) is 5.73 Å². The van der Waals surface area contributed by atoms with E-state index in [0.29, 0.717) is 12.3 Å². The number of halogens is 1. The van der Waals surface area contributed by atoms with Gasteiger partial charge in [0.2, 0.25) is 5.91 Å². The fourth-order valence-electron chi connectivity index (χ4n) is 2.31. The van der Waals surface area contributed by atoms with Gasteiger partial charge in [-0.15, -0.1) is 12.4 Å². The van der Waals surface area contributed by atoms with Gasteiger partial charge in [-0.2, -0.15) is 0 Å². The summed E-state index contributed by atoms with van der Waals surface area (Å²) >= 11 is 0. The number of carbonyl (C=O) groups excluding carboxylic acids is 1. The van der Waals surface area contributed by atoms with E-state index in [1.54, 1.807) is 0 Å². The van der Waals surface area contributed by atoms with Crippen molar-refractivity contribution in [3.63, 3.8) is 0 Å². The topological polar surface area (TPSA) is 55.1 Å². The van der Waals surface area contributed by atoms with Gasteiger partial charge in [0, 0.05) is 6.54 Å². The van der Waals surface area contributed by atoms with Gasteiger partial charge >= 0.3 is 0 Å². The molecule has 0 bridgehead atoms. The molecule has 1 fully saturated rings. The minimum atomic E-state index is -0.328. The van der Waals surface area contributed by atoms with E-state index in [1.165, 1.54) is 25.7 Å². The Kier molecular flexibility index (Phi) is 7.77. The average Bonchev–Trinajstić information content (AvgIpc) is 2.25. The summed E-state index contributed by atoms with van der Waals surface area (Å²) in [4.78, 5) is 11.5. The molecule has 0 aromatic heterocycles. The standard InChI is InChI=1S/C12H24N2O.ClH/c1-3-11(13)12(15)14-8-10-6-4-5-9(2)7-10;/h9-11H,3-8,13H2,1-2H3,(H,14,15);1H/t9?,10?,11-;/m0./s1. The van der Waals surface area contributed by atoms with Gasteiger partial charge in [0.25, 0.3) is 0 Å². The van der Waals surface area contributed by atoms with Gasteiger partial charge in [-0.25, -0.2) is 0 Å². The third kappa shape index (κ3) is 5.17. The fraction of sp³-hybridized carbons (Fsp3) is 0.917. The predicted molar refractivity (Wildman–Crippen MR) is 69.6 cm³/mol. The molecule has 1 rings (SSSR count). The maximum absolute atomic E-state index is 11.5. The van der Waals surface area contributed by atoms with E-state index in [-0.39, 0.29) is 24.4 Å². The summed E-state index contributed by atoms with van der Waals surface area (Å²) in [6, 6.07) is -0.328. The van der Waals surface area contributed by atoms with Crippen LogP contribution in [0.3, 0.4) is 0 Å². The third-order valence-electron chi connectivity index (χ3n) is 3.39. The van der Waals surface area contributed by atoms with Crippen LogP contribution in [-0.4, -0.2) is 18.5 Å². The molecule has 3 atom stereocenters. The zero-order chi connectivity index (χ0) is 11.3. The Bertz CT molecular complexity index is 211. The van der Waals surface area contributed by atoms with Crippen molar-refractivity contribution in [2.45, 2.75) is 52.0 Å². The molecule has 3 N–H and O–H groups in total. The predicted octanol–water partition coefficient (Wildman–Crippen LogP) is 2.09. The molecular formula is C12H25ClN2O. The van der Waals surface area contributed by atoms with Crippen LogP contribution in [-0.2, 0) is 4.79 Å². The number of amides is 1. The maximum Gasteiger partial charge on any atom is 0.236 e. The summed E-state index contributed by atoms with van der Waals surface area (Å²) in [5.74, 6) is 1.50. The number of hydrogen-bond donors (Lipinski definition) is 2. The minimum absolute atomic E-state index is 0. The van der Waals surface area contributed by atoms with Gasteiger partial charge < -0.3 is 11.1 Å². The Morgan fingerprint density at radius 1 is 1.50 bits per heavy atom. The van der Waals surface area contributed by atoms with Crippen molar-refractivity contribution < 1.29 is 4.79 Å². The first-order valence-corrected chi connectivity index (χ1v) is 6.16. The molecule has 1 saturated carbocycles.